The van der Waals surface area contributed by atoms with Gasteiger partial charge in [0.25, 0.3) is 5.91 Å². The Labute approximate surface area is 202 Å². The predicted octanol–water partition coefficient (Wildman–Crippen LogP) is 6.52. The number of thiazole rings is 1. The van der Waals surface area contributed by atoms with Crippen molar-refractivity contribution in [2.24, 2.45) is 0 Å². The zero-order valence-corrected chi connectivity index (χ0v) is 19.8. The SMILES string of the molecule is COc1ccc(C)c2sc(N(Cc3cccnc3)C(=O)c3ccc(-c4ccccc4)cc3)nc12. The number of anilines is 1. The van der Waals surface area contributed by atoms with Gasteiger partial charge in [0.1, 0.15) is 11.3 Å². The number of carbonyl (C=O) groups is 1. The van der Waals surface area contributed by atoms with Gasteiger partial charge in [0.15, 0.2) is 5.13 Å². The molecule has 0 spiro atoms. The quantitative estimate of drug-likeness (QED) is 0.286. The standard InChI is InChI=1S/C28H23N3O2S/c1-19-10-15-24(33-2)25-26(19)34-28(30-25)31(18-20-7-6-16-29-17-20)27(32)23-13-11-22(12-14-23)21-8-4-3-5-9-21/h3-17H,18H2,1-2H3. The van der Waals surface area contributed by atoms with Crippen LogP contribution in [0.15, 0.2) is 91.3 Å². The molecule has 0 aliphatic carbocycles. The van der Waals surface area contributed by atoms with Crippen molar-refractivity contribution in [3.05, 3.63) is 108 Å². The highest BCUT2D eigenvalue weighted by Crippen LogP contribution is 2.37. The number of hydrogen-bond acceptors (Lipinski definition) is 5. The predicted molar refractivity (Wildman–Crippen MR) is 138 cm³/mol. The second kappa shape index (κ2) is 9.45. The number of amides is 1. The number of rotatable bonds is 6. The van der Waals surface area contributed by atoms with E-state index in [1.54, 1.807) is 24.4 Å². The topological polar surface area (TPSA) is 55.3 Å². The Bertz CT molecular complexity index is 1430. The van der Waals surface area contributed by atoms with Crippen LogP contribution in [0, 0.1) is 6.92 Å². The molecule has 0 saturated carbocycles. The van der Waals surface area contributed by atoms with E-state index in [9.17, 15) is 4.79 Å². The molecule has 5 rings (SSSR count). The fourth-order valence-electron chi connectivity index (χ4n) is 3.87. The minimum absolute atomic E-state index is 0.112. The normalized spacial score (nSPS) is 10.9. The average molecular weight is 466 g/mol. The van der Waals surface area contributed by atoms with Crippen LogP contribution < -0.4 is 9.64 Å². The average Bonchev–Trinajstić information content (AvgIpc) is 3.35. The Morgan fingerprint density at radius 2 is 1.71 bits per heavy atom. The number of pyridine rings is 1. The molecule has 0 fully saturated rings. The first-order chi connectivity index (χ1) is 16.6. The summed E-state index contributed by atoms with van der Waals surface area (Å²) in [6, 6.07) is 25.6. The third-order valence-electron chi connectivity index (χ3n) is 5.69. The van der Waals surface area contributed by atoms with E-state index in [2.05, 4.69) is 17.1 Å². The van der Waals surface area contributed by atoms with E-state index in [0.29, 0.717) is 23.0 Å². The molecule has 2 heterocycles. The van der Waals surface area contributed by atoms with Crippen LogP contribution in [-0.4, -0.2) is 23.0 Å². The summed E-state index contributed by atoms with van der Waals surface area (Å²) in [5.41, 5.74) is 5.58. The minimum atomic E-state index is -0.112. The largest absolute Gasteiger partial charge is 0.494 e. The molecule has 0 aliphatic heterocycles. The number of fused-ring (bicyclic) bond motifs is 1. The Balaban J connectivity index is 1.54. The number of methoxy groups -OCH3 is 1. The highest BCUT2D eigenvalue weighted by Gasteiger charge is 2.23. The highest BCUT2D eigenvalue weighted by atomic mass is 32.1. The lowest BCUT2D eigenvalue weighted by Crippen LogP contribution is -2.30. The third-order valence-corrected chi connectivity index (χ3v) is 6.90. The smallest absolute Gasteiger partial charge is 0.260 e. The number of nitrogens with zero attached hydrogens (tertiary/aromatic N) is 3. The van der Waals surface area contributed by atoms with Crippen LogP contribution in [0.2, 0.25) is 0 Å². The second-order valence-electron chi connectivity index (χ2n) is 7.95. The summed E-state index contributed by atoms with van der Waals surface area (Å²) >= 11 is 1.50. The van der Waals surface area contributed by atoms with Crippen LogP contribution in [0.5, 0.6) is 5.75 Å². The van der Waals surface area contributed by atoms with Crippen molar-refractivity contribution in [1.82, 2.24) is 9.97 Å². The molecule has 0 unspecified atom stereocenters. The lowest BCUT2D eigenvalue weighted by molar-refractivity contribution is 0.0985. The van der Waals surface area contributed by atoms with Crippen molar-refractivity contribution in [2.75, 3.05) is 12.0 Å². The van der Waals surface area contributed by atoms with Gasteiger partial charge in [-0.2, -0.15) is 0 Å². The van der Waals surface area contributed by atoms with Crippen molar-refractivity contribution in [2.45, 2.75) is 13.5 Å². The number of aromatic nitrogens is 2. The van der Waals surface area contributed by atoms with E-state index >= 15 is 0 Å². The van der Waals surface area contributed by atoms with Gasteiger partial charge < -0.3 is 4.74 Å². The molecule has 0 aliphatic rings. The maximum atomic E-state index is 13.8. The van der Waals surface area contributed by atoms with E-state index in [0.717, 1.165) is 32.5 Å². The molecule has 1 amide bonds. The molecule has 168 valence electrons. The number of ether oxygens (including phenoxy) is 1. The molecule has 5 nitrogen and oxygen atoms in total. The first kappa shape index (κ1) is 21.8. The fraction of sp³-hybridized carbons (Fsp3) is 0.107. The summed E-state index contributed by atoms with van der Waals surface area (Å²) in [5.74, 6) is 0.586. The summed E-state index contributed by atoms with van der Waals surface area (Å²) in [6.07, 6.45) is 3.50. The van der Waals surface area contributed by atoms with E-state index in [1.807, 2.05) is 73.7 Å². The van der Waals surface area contributed by atoms with Crippen LogP contribution in [0.25, 0.3) is 21.3 Å². The molecule has 6 heteroatoms. The molecular formula is C28H23N3O2S. The van der Waals surface area contributed by atoms with Crippen LogP contribution >= 0.6 is 11.3 Å². The summed E-state index contributed by atoms with van der Waals surface area (Å²) in [4.78, 5) is 24.5. The monoisotopic (exact) mass is 465 g/mol. The minimum Gasteiger partial charge on any atom is -0.494 e. The van der Waals surface area contributed by atoms with Gasteiger partial charge in [0.05, 0.1) is 18.4 Å². The molecule has 0 bridgehead atoms. The molecule has 3 aromatic carbocycles. The van der Waals surface area contributed by atoms with Crippen LogP contribution in [0.3, 0.4) is 0 Å². The molecule has 0 radical (unpaired) electrons. The van der Waals surface area contributed by atoms with Crippen molar-refractivity contribution in [3.63, 3.8) is 0 Å². The Morgan fingerprint density at radius 3 is 2.41 bits per heavy atom. The van der Waals surface area contributed by atoms with Crippen LogP contribution in [-0.2, 0) is 6.54 Å². The van der Waals surface area contributed by atoms with Gasteiger partial charge in [0.2, 0.25) is 0 Å². The van der Waals surface area contributed by atoms with E-state index in [1.165, 1.54) is 11.3 Å². The maximum absolute atomic E-state index is 13.8. The van der Waals surface area contributed by atoms with E-state index < -0.39 is 0 Å². The van der Waals surface area contributed by atoms with Gasteiger partial charge >= 0.3 is 0 Å². The zero-order chi connectivity index (χ0) is 23.5. The highest BCUT2D eigenvalue weighted by molar-refractivity contribution is 7.22. The first-order valence-electron chi connectivity index (χ1n) is 10.9. The van der Waals surface area contributed by atoms with Crippen molar-refractivity contribution < 1.29 is 9.53 Å². The molecule has 2 aromatic heterocycles. The van der Waals surface area contributed by atoms with Gasteiger partial charge in [-0.05, 0) is 53.4 Å². The van der Waals surface area contributed by atoms with Crippen molar-refractivity contribution in [3.8, 4) is 16.9 Å². The van der Waals surface area contributed by atoms with Gasteiger partial charge in [-0.3, -0.25) is 14.7 Å². The molecule has 0 atom stereocenters. The number of benzene rings is 3. The number of carbonyl (C=O) groups excluding carboxylic acids is 1. The lowest BCUT2D eigenvalue weighted by atomic mass is 10.0. The fourth-order valence-corrected chi connectivity index (χ4v) is 4.92. The van der Waals surface area contributed by atoms with Gasteiger partial charge in [-0.1, -0.05) is 65.9 Å². The van der Waals surface area contributed by atoms with Crippen molar-refractivity contribution in [1.29, 1.82) is 0 Å². The summed E-state index contributed by atoms with van der Waals surface area (Å²) in [5, 5.41) is 0.628. The van der Waals surface area contributed by atoms with Crippen molar-refractivity contribution >= 4 is 32.6 Å². The molecule has 0 saturated heterocycles. The Kier molecular flexibility index (Phi) is 6.06. The number of hydrogen-bond donors (Lipinski definition) is 0. The van der Waals surface area contributed by atoms with Crippen LogP contribution in [0.1, 0.15) is 21.5 Å². The second-order valence-corrected chi connectivity index (χ2v) is 8.93. The summed E-state index contributed by atoms with van der Waals surface area (Å²) in [7, 11) is 1.63. The van der Waals surface area contributed by atoms with Crippen LogP contribution in [0.4, 0.5) is 5.13 Å². The van der Waals surface area contributed by atoms with Gasteiger partial charge in [-0.15, -0.1) is 0 Å². The van der Waals surface area contributed by atoms with E-state index in [-0.39, 0.29) is 5.91 Å². The first-order valence-corrected chi connectivity index (χ1v) is 11.8. The van der Waals surface area contributed by atoms with E-state index in [4.69, 9.17) is 9.72 Å². The van der Waals surface area contributed by atoms with Gasteiger partial charge in [0, 0.05) is 18.0 Å². The Morgan fingerprint density at radius 1 is 0.941 bits per heavy atom. The third kappa shape index (κ3) is 4.28. The lowest BCUT2D eigenvalue weighted by Gasteiger charge is -2.20. The maximum Gasteiger partial charge on any atom is 0.260 e. The number of aryl methyl sites for hydroxylation is 1. The van der Waals surface area contributed by atoms with Gasteiger partial charge in [-0.25, -0.2) is 4.98 Å². The molecule has 0 N–H and O–H groups in total. The zero-order valence-electron chi connectivity index (χ0n) is 18.9. The molecular weight excluding hydrogens is 442 g/mol. The Hall–Kier alpha value is -4.03. The molecule has 34 heavy (non-hydrogen) atoms. The summed E-state index contributed by atoms with van der Waals surface area (Å²) < 4.78 is 6.54. The summed E-state index contributed by atoms with van der Waals surface area (Å²) in [6.45, 7) is 2.41. The molecule has 5 aromatic rings.